The lowest BCUT2D eigenvalue weighted by Gasteiger charge is -2.13. The molecule has 0 bridgehead atoms. The van der Waals surface area contributed by atoms with Crippen LogP contribution in [0.3, 0.4) is 0 Å². The lowest BCUT2D eigenvalue weighted by molar-refractivity contribution is 0.297. The predicted octanol–water partition coefficient (Wildman–Crippen LogP) is 5.81. The summed E-state index contributed by atoms with van der Waals surface area (Å²) in [6, 6.07) is 0. The molecule has 0 unspecified atom stereocenters. The molecule has 0 aliphatic carbocycles. The van der Waals surface area contributed by atoms with Crippen LogP contribution in [0, 0.1) is 0 Å². The summed E-state index contributed by atoms with van der Waals surface area (Å²) < 4.78 is 0. The summed E-state index contributed by atoms with van der Waals surface area (Å²) >= 11 is 0. The number of rotatable bonds is 20. The number of hydrogen-bond donors (Lipinski definition) is 2. The fourth-order valence-electron chi connectivity index (χ4n) is 3.00. The fraction of sp³-hybridized carbons (Fsp3) is 0.909. The summed E-state index contributed by atoms with van der Waals surface area (Å²) in [5, 5.41) is 5.33. The highest BCUT2D eigenvalue weighted by Crippen LogP contribution is 2.09. The van der Waals surface area contributed by atoms with Crippen LogP contribution < -0.4 is 11.2 Å². The van der Waals surface area contributed by atoms with Gasteiger partial charge in [0.1, 0.15) is 0 Å². The lowest BCUT2D eigenvalue weighted by Crippen LogP contribution is -2.37. The molecule has 25 heavy (non-hydrogen) atoms. The number of nitrogens with one attached hydrogen (secondary N) is 1. The number of hydrazine groups is 1. The van der Waals surface area contributed by atoms with Gasteiger partial charge in [-0.15, -0.1) is 0 Å². The Bertz CT molecular complexity index is 266. The minimum absolute atomic E-state index is 0.927. The van der Waals surface area contributed by atoms with Gasteiger partial charge in [-0.25, -0.2) is 5.01 Å². The molecule has 3 N–H and O–H groups in total. The maximum Gasteiger partial charge on any atom is 0.0253 e. The third-order valence-electron chi connectivity index (χ3n) is 4.85. The van der Waals surface area contributed by atoms with Gasteiger partial charge in [0.15, 0.2) is 0 Å². The van der Waals surface area contributed by atoms with Crippen LogP contribution in [-0.4, -0.2) is 31.2 Å². The van der Waals surface area contributed by atoms with Crippen molar-refractivity contribution in [1.29, 1.82) is 0 Å². The fourth-order valence-corrected chi connectivity index (χ4v) is 3.00. The van der Waals surface area contributed by atoms with E-state index in [0.29, 0.717) is 0 Å². The molecule has 0 aliphatic rings. The molecular formula is C22H47N3. The minimum Gasteiger partial charge on any atom is -0.315 e. The van der Waals surface area contributed by atoms with Gasteiger partial charge in [0, 0.05) is 19.6 Å². The molecule has 0 radical (unpaired) electrons. The Morgan fingerprint density at radius 3 is 1.76 bits per heavy atom. The summed E-state index contributed by atoms with van der Waals surface area (Å²) in [7, 11) is 0. The van der Waals surface area contributed by atoms with Crippen molar-refractivity contribution in [1.82, 2.24) is 10.3 Å². The number of nitrogens with zero attached hydrogens (tertiary/aromatic N) is 1. The second-order valence-corrected chi connectivity index (χ2v) is 7.32. The van der Waals surface area contributed by atoms with Crippen molar-refractivity contribution in [3.63, 3.8) is 0 Å². The Balaban J connectivity index is 3.07. The lowest BCUT2D eigenvalue weighted by atomic mass is 10.1. The quantitative estimate of drug-likeness (QED) is 0.126. The van der Waals surface area contributed by atoms with Gasteiger partial charge in [-0.3, -0.25) is 5.84 Å². The second-order valence-electron chi connectivity index (χ2n) is 7.32. The molecule has 0 fully saturated rings. The first kappa shape index (κ1) is 24.6. The molecule has 0 saturated heterocycles. The average molecular weight is 354 g/mol. The van der Waals surface area contributed by atoms with E-state index in [4.69, 9.17) is 5.84 Å². The van der Waals surface area contributed by atoms with Gasteiger partial charge in [-0.1, -0.05) is 83.8 Å². The molecule has 0 rings (SSSR count). The zero-order chi connectivity index (χ0) is 18.4. The maximum absolute atomic E-state index is 5.74. The number of allylic oxidation sites excluding steroid dienone is 2. The summed E-state index contributed by atoms with van der Waals surface area (Å²) in [6.07, 6.45) is 24.0. The Morgan fingerprint density at radius 2 is 1.20 bits per heavy atom. The van der Waals surface area contributed by atoms with Crippen molar-refractivity contribution >= 4 is 0 Å². The standard InChI is InChI=1S/C22H47N3/c1-3-5-6-7-8-9-10-11-12-13-14-15-16-17-18-19-20-24-21-22-25(23)4-2/h11-12,24H,3-10,13-23H2,1-2H3/b12-11-. The van der Waals surface area contributed by atoms with Gasteiger partial charge in [0.05, 0.1) is 0 Å². The van der Waals surface area contributed by atoms with Crippen LogP contribution in [0.4, 0.5) is 0 Å². The first-order valence-electron chi connectivity index (χ1n) is 11.2. The van der Waals surface area contributed by atoms with Gasteiger partial charge in [0.2, 0.25) is 0 Å². The van der Waals surface area contributed by atoms with Gasteiger partial charge in [-0.2, -0.15) is 0 Å². The highest BCUT2D eigenvalue weighted by atomic mass is 15.4. The van der Waals surface area contributed by atoms with E-state index in [1.807, 2.05) is 5.01 Å². The maximum atomic E-state index is 5.74. The van der Waals surface area contributed by atoms with E-state index >= 15 is 0 Å². The van der Waals surface area contributed by atoms with Crippen LogP contribution in [0.5, 0.6) is 0 Å². The van der Waals surface area contributed by atoms with Crippen molar-refractivity contribution < 1.29 is 0 Å². The molecule has 0 aliphatic heterocycles. The third kappa shape index (κ3) is 21.6. The molecular weight excluding hydrogens is 306 g/mol. The zero-order valence-corrected chi connectivity index (χ0v) is 17.4. The summed E-state index contributed by atoms with van der Waals surface area (Å²) in [5.41, 5.74) is 0. The van der Waals surface area contributed by atoms with Crippen molar-refractivity contribution in [2.24, 2.45) is 5.84 Å². The molecule has 0 heterocycles. The summed E-state index contributed by atoms with van der Waals surface area (Å²) in [6.45, 7) is 8.39. The SMILES string of the molecule is CCCCCCCC/C=C\CCCCCCCCNCCN(N)CC. The number of nitrogens with two attached hydrogens (primary N) is 1. The van der Waals surface area contributed by atoms with Crippen molar-refractivity contribution in [3.05, 3.63) is 12.2 Å². The summed E-state index contributed by atoms with van der Waals surface area (Å²) in [4.78, 5) is 0. The Morgan fingerprint density at radius 1 is 0.680 bits per heavy atom. The van der Waals surface area contributed by atoms with Gasteiger partial charge >= 0.3 is 0 Å². The molecule has 0 spiro atoms. The van der Waals surface area contributed by atoms with Crippen molar-refractivity contribution in [2.45, 2.75) is 104 Å². The van der Waals surface area contributed by atoms with E-state index in [0.717, 1.165) is 26.2 Å². The van der Waals surface area contributed by atoms with E-state index in [2.05, 4.69) is 31.3 Å². The number of likely N-dealkylation sites (N-methyl/N-ethyl adjacent to an activating group) is 1. The molecule has 3 nitrogen and oxygen atoms in total. The third-order valence-corrected chi connectivity index (χ3v) is 4.85. The Labute approximate surface area is 158 Å². The molecule has 0 atom stereocenters. The van der Waals surface area contributed by atoms with E-state index in [1.165, 1.54) is 89.9 Å². The monoisotopic (exact) mass is 353 g/mol. The van der Waals surface area contributed by atoms with E-state index in [-0.39, 0.29) is 0 Å². The molecule has 0 aromatic heterocycles. The van der Waals surface area contributed by atoms with Crippen LogP contribution in [0.25, 0.3) is 0 Å². The van der Waals surface area contributed by atoms with E-state index < -0.39 is 0 Å². The van der Waals surface area contributed by atoms with Crippen LogP contribution in [-0.2, 0) is 0 Å². The van der Waals surface area contributed by atoms with Crippen LogP contribution in [0.2, 0.25) is 0 Å². The topological polar surface area (TPSA) is 41.3 Å². The molecule has 150 valence electrons. The average Bonchev–Trinajstić information content (AvgIpc) is 2.63. The van der Waals surface area contributed by atoms with Crippen LogP contribution in [0.15, 0.2) is 12.2 Å². The largest absolute Gasteiger partial charge is 0.315 e. The molecule has 0 saturated carbocycles. The zero-order valence-electron chi connectivity index (χ0n) is 17.4. The molecule has 3 heteroatoms. The van der Waals surface area contributed by atoms with Gasteiger partial charge in [-0.05, 0) is 38.6 Å². The van der Waals surface area contributed by atoms with Gasteiger partial charge < -0.3 is 5.32 Å². The second kappa shape index (κ2) is 21.7. The van der Waals surface area contributed by atoms with Crippen molar-refractivity contribution in [3.8, 4) is 0 Å². The minimum atomic E-state index is 0.927. The number of hydrogen-bond acceptors (Lipinski definition) is 3. The first-order valence-corrected chi connectivity index (χ1v) is 11.2. The Hall–Kier alpha value is -0.380. The first-order chi connectivity index (χ1) is 12.3. The highest BCUT2D eigenvalue weighted by Gasteiger charge is 1.94. The normalized spacial score (nSPS) is 11.8. The molecule has 0 aromatic rings. The van der Waals surface area contributed by atoms with Crippen LogP contribution >= 0.6 is 0 Å². The summed E-state index contributed by atoms with van der Waals surface area (Å²) in [5.74, 6) is 5.74. The molecule has 0 aromatic carbocycles. The smallest absolute Gasteiger partial charge is 0.0253 e. The highest BCUT2D eigenvalue weighted by molar-refractivity contribution is 4.81. The van der Waals surface area contributed by atoms with Crippen molar-refractivity contribution in [2.75, 3.05) is 26.2 Å². The van der Waals surface area contributed by atoms with E-state index in [1.54, 1.807) is 0 Å². The van der Waals surface area contributed by atoms with Gasteiger partial charge in [0.25, 0.3) is 0 Å². The number of unbranched alkanes of at least 4 members (excludes halogenated alkanes) is 12. The predicted molar refractivity (Wildman–Crippen MR) is 114 cm³/mol. The Kier molecular flexibility index (Phi) is 21.3. The van der Waals surface area contributed by atoms with Crippen LogP contribution in [0.1, 0.15) is 104 Å². The van der Waals surface area contributed by atoms with E-state index in [9.17, 15) is 0 Å². The molecule has 0 amide bonds.